The maximum Gasteiger partial charge on any atom is 0.140 e. The topological polar surface area (TPSA) is 36.7 Å². The summed E-state index contributed by atoms with van der Waals surface area (Å²) in [7, 11) is 0. The van der Waals surface area contributed by atoms with Crippen LogP contribution in [0.5, 0.6) is 0 Å². The summed E-state index contributed by atoms with van der Waals surface area (Å²) in [5.41, 5.74) is 1.96. The lowest BCUT2D eigenvalue weighted by atomic mass is 9.87. The fourth-order valence-electron chi connectivity index (χ4n) is 1.67. The normalized spacial score (nSPS) is 11.1. The third kappa shape index (κ3) is 3.59. The summed E-state index contributed by atoms with van der Waals surface area (Å²) in [5.74, 6) is 0. The Balaban J connectivity index is 2.13. The van der Waals surface area contributed by atoms with Gasteiger partial charge in [0.15, 0.2) is 0 Å². The van der Waals surface area contributed by atoms with Gasteiger partial charge in [-0.3, -0.25) is 0 Å². The average molecular weight is 268 g/mol. The lowest BCUT2D eigenvalue weighted by Crippen LogP contribution is -2.10. The van der Waals surface area contributed by atoms with E-state index in [-0.39, 0.29) is 5.41 Å². The predicted molar refractivity (Wildman–Crippen MR) is 78.2 cm³/mol. The van der Waals surface area contributed by atoms with Crippen LogP contribution >= 0.6 is 11.8 Å². The molecule has 2 rings (SSSR count). The van der Waals surface area contributed by atoms with Gasteiger partial charge in [-0.1, -0.05) is 44.7 Å². The van der Waals surface area contributed by atoms with Crippen molar-refractivity contribution in [3.8, 4) is 6.07 Å². The van der Waals surface area contributed by atoms with Gasteiger partial charge in [0, 0.05) is 16.0 Å². The Labute approximate surface area is 118 Å². The van der Waals surface area contributed by atoms with Crippen LogP contribution in [0, 0.1) is 11.3 Å². The summed E-state index contributed by atoms with van der Waals surface area (Å²) >= 11 is 1.65. The summed E-state index contributed by atoms with van der Waals surface area (Å²) < 4.78 is 0. The zero-order valence-electron chi connectivity index (χ0n) is 11.3. The maximum atomic E-state index is 8.71. The van der Waals surface area contributed by atoms with E-state index in [4.69, 9.17) is 5.26 Å². The van der Waals surface area contributed by atoms with Crippen molar-refractivity contribution in [3.63, 3.8) is 0 Å². The van der Waals surface area contributed by atoms with Gasteiger partial charge >= 0.3 is 0 Å². The lowest BCUT2D eigenvalue weighted by Gasteiger charge is -2.19. The summed E-state index contributed by atoms with van der Waals surface area (Å²) in [6.07, 6.45) is 1.74. The Bertz CT molecular complexity index is 587. The molecule has 0 radical (unpaired) electrons. The predicted octanol–water partition coefficient (Wildman–Crippen LogP) is 4.40. The van der Waals surface area contributed by atoms with E-state index in [2.05, 4.69) is 50.0 Å². The highest BCUT2D eigenvalue weighted by molar-refractivity contribution is 7.99. The van der Waals surface area contributed by atoms with Crippen LogP contribution in [0.2, 0.25) is 0 Å². The van der Waals surface area contributed by atoms with Crippen molar-refractivity contribution < 1.29 is 0 Å². The highest BCUT2D eigenvalue weighted by atomic mass is 32.2. The molecule has 0 spiro atoms. The van der Waals surface area contributed by atoms with Crippen LogP contribution in [-0.2, 0) is 5.41 Å². The van der Waals surface area contributed by atoms with Gasteiger partial charge in [-0.2, -0.15) is 5.26 Å². The molecule has 0 aliphatic carbocycles. The molecule has 2 aromatic rings. The van der Waals surface area contributed by atoms with E-state index in [1.165, 1.54) is 10.5 Å². The van der Waals surface area contributed by atoms with Crippen LogP contribution in [-0.4, -0.2) is 4.98 Å². The molecule has 2 nitrogen and oxygen atoms in total. The number of hydrogen-bond donors (Lipinski definition) is 0. The molecule has 0 saturated heterocycles. The van der Waals surface area contributed by atoms with Crippen molar-refractivity contribution >= 4 is 11.8 Å². The number of nitriles is 1. The van der Waals surface area contributed by atoms with E-state index in [0.29, 0.717) is 5.69 Å². The Kier molecular flexibility index (Phi) is 3.92. The highest BCUT2D eigenvalue weighted by Gasteiger charge is 2.12. The van der Waals surface area contributed by atoms with Gasteiger partial charge in [-0.15, -0.1) is 0 Å². The van der Waals surface area contributed by atoms with Gasteiger partial charge in [-0.05, 0) is 35.2 Å². The van der Waals surface area contributed by atoms with E-state index < -0.39 is 0 Å². The van der Waals surface area contributed by atoms with Crippen LogP contribution in [0.15, 0.2) is 52.4 Å². The monoisotopic (exact) mass is 268 g/mol. The fraction of sp³-hybridized carbons (Fsp3) is 0.250. The second-order valence-electron chi connectivity index (χ2n) is 5.37. The quantitative estimate of drug-likeness (QED) is 0.810. The Morgan fingerprint density at radius 1 is 1.00 bits per heavy atom. The molecule has 0 fully saturated rings. The average Bonchev–Trinajstić information content (AvgIpc) is 2.39. The minimum atomic E-state index is 0.180. The van der Waals surface area contributed by atoms with Gasteiger partial charge < -0.3 is 0 Å². The minimum absolute atomic E-state index is 0.180. The first kappa shape index (κ1) is 13.6. The van der Waals surface area contributed by atoms with Crippen molar-refractivity contribution in [1.29, 1.82) is 5.26 Å². The zero-order valence-corrected chi connectivity index (χ0v) is 12.2. The molecule has 0 aliphatic rings. The molecule has 0 amide bonds. The molecule has 0 atom stereocenters. The van der Waals surface area contributed by atoms with Gasteiger partial charge in [-0.25, -0.2) is 4.98 Å². The highest BCUT2D eigenvalue weighted by Crippen LogP contribution is 2.29. The molecular formula is C16H16N2S. The molecular weight excluding hydrogens is 252 g/mol. The maximum absolute atomic E-state index is 8.71. The molecule has 19 heavy (non-hydrogen) atoms. The Morgan fingerprint density at radius 2 is 1.63 bits per heavy atom. The first-order valence-corrected chi connectivity index (χ1v) is 6.95. The Morgan fingerprint density at radius 3 is 2.11 bits per heavy atom. The lowest BCUT2D eigenvalue weighted by molar-refractivity contribution is 0.590. The SMILES string of the molecule is CC(C)(C)c1ccc(Sc2ccc(C#N)nc2)cc1. The molecule has 0 aliphatic heterocycles. The van der Waals surface area contributed by atoms with E-state index in [1.807, 2.05) is 12.1 Å². The van der Waals surface area contributed by atoms with E-state index in [9.17, 15) is 0 Å². The van der Waals surface area contributed by atoms with Gasteiger partial charge in [0.2, 0.25) is 0 Å². The van der Waals surface area contributed by atoms with Crippen LogP contribution in [0.3, 0.4) is 0 Å². The third-order valence-corrected chi connectivity index (χ3v) is 3.79. The summed E-state index contributed by atoms with van der Waals surface area (Å²) in [6.45, 7) is 6.62. The number of benzene rings is 1. The van der Waals surface area contributed by atoms with Gasteiger partial charge in [0.05, 0.1) is 0 Å². The summed E-state index contributed by atoms with van der Waals surface area (Å²) in [4.78, 5) is 6.29. The molecule has 1 aromatic heterocycles. The number of nitrogens with zero attached hydrogens (tertiary/aromatic N) is 2. The molecule has 0 N–H and O–H groups in total. The fourth-order valence-corrected chi connectivity index (χ4v) is 2.45. The van der Waals surface area contributed by atoms with Crippen molar-refractivity contribution in [2.45, 2.75) is 36.0 Å². The second-order valence-corrected chi connectivity index (χ2v) is 6.51. The van der Waals surface area contributed by atoms with Crippen LogP contribution < -0.4 is 0 Å². The van der Waals surface area contributed by atoms with Crippen molar-refractivity contribution in [2.75, 3.05) is 0 Å². The molecule has 3 heteroatoms. The smallest absolute Gasteiger partial charge is 0.140 e. The molecule has 0 unspecified atom stereocenters. The van der Waals surface area contributed by atoms with Crippen molar-refractivity contribution in [1.82, 2.24) is 4.98 Å². The minimum Gasteiger partial charge on any atom is -0.244 e. The standard InChI is InChI=1S/C16H16N2S/c1-16(2,3)12-4-7-14(8-5-12)19-15-9-6-13(10-17)18-11-15/h4-9,11H,1-3H3. The first-order chi connectivity index (χ1) is 8.99. The number of hydrogen-bond acceptors (Lipinski definition) is 3. The first-order valence-electron chi connectivity index (χ1n) is 6.13. The van der Waals surface area contributed by atoms with Crippen LogP contribution in [0.25, 0.3) is 0 Å². The van der Waals surface area contributed by atoms with E-state index >= 15 is 0 Å². The van der Waals surface area contributed by atoms with E-state index in [1.54, 1.807) is 24.0 Å². The van der Waals surface area contributed by atoms with Crippen LogP contribution in [0.4, 0.5) is 0 Å². The zero-order chi connectivity index (χ0) is 13.9. The molecule has 96 valence electrons. The third-order valence-electron chi connectivity index (χ3n) is 2.81. The van der Waals surface area contributed by atoms with Gasteiger partial charge in [0.25, 0.3) is 0 Å². The van der Waals surface area contributed by atoms with Crippen LogP contribution in [0.1, 0.15) is 32.0 Å². The van der Waals surface area contributed by atoms with Crippen molar-refractivity contribution in [3.05, 3.63) is 53.9 Å². The Hall–Kier alpha value is -1.79. The molecule has 1 heterocycles. The van der Waals surface area contributed by atoms with Gasteiger partial charge in [0.1, 0.15) is 11.8 Å². The molecule has 1 aromatic carbocycles. The number of aromatic nitrogens is 1. The number of rotatable bonds is 2. The molecule has 0 bridgehead atoms. The van der Waals surface area contributed by atoms with E-state index in [0.717, 1.165) is 4.90 Å². The summed E-state index contributed by atoms with van der Waals surface area (Å²) in [5, 5.41) is 8.71. The largest absolute Gasteiger partial charge is 0.244 e. The molecule has 0 saturated carbocycles. The second kappa shape index (κ2) is 5.46. The van der Waals surface area contributed by atoms with Crippen molar-refractivity contribution in [2.24, 2.45) is 0 Å². The number of pyridine rings is 1. The summed E-state index contributed by atoms with van der Waals surface area (Å²) in [6, 6.07) is 14.3.